The Balaban J connectivity index is 1.41. The Hall–Kier alpha value is -1.92. The predicted molar refractivity (Wildman–Crippen MR) is 108 cm³/mol. The van der Waals surface area contributed by atoms with Crippen LogP contribution in [-0.2, 0) is 20.7 Å². The number of ether oxygens (including phenoxy) is 1. The minimum Gasteiger partial charge on any atom is -0.460 e. The quantitative estimate of drug-likeness (QED) is 0.743. The van der Waals surface area contributed by atoms with Crippen molar-refractivity contribution < 1.29 is 14.3 Å². The molecule has 154 valence electrons. The third-order valence-corrected chi connectivity index (χ3v) is 5.42. The summed E-state index contributed by atoms with van der Waals surface area (Å²) in [6.07, 6.45) is 2.15. The smallest absolute Gasteiger partial charge is 0.309 e. The third-order valence-electron chi connectivity index (χ3n) is 5.42. The molecule has 0 saturated carbocycles. The van der Waals surface area contributed by atoms with Crippen molar-refractivity contribution >= 4 is 11.9 Å². The predicted octanol–water partition coefficient (Wildman–Crippen LogP) is 2.34. The SMILES string of the molecule is CC(C)(C)OC(=O)C1CCN(N2CCN(C(=O)Cc3ccccc3)CC2)CC1. The minimum absolute atomic E-state index is 0.00390. The zero-order valence-electron chi connectivity index (χ0n) is 17.4. The lowest BCUT2D eigenvalue weighted by atomic mass is 9.97. The van der Waals surface area contributed by atoms with Crippen LogP contribution < -0.4 is 0 Å². The molecule has 1 aromatic carbocycles. The van der Waals surface area contributed by atoms with Gasteiger partial charge in [-0.15, -0.1) is 0 Å². The number of nitrogens with zero attached hydrogens (tertiary/aromatic N) is 3. The van der Waals surface area contributed by atoms with Crippen LogP contribution >= 0.6 is 0 Å². The number of piperazine rings is 1. The standard InChI is InChI=1S/C22H33N3O3/c1-22(2,3)28-21(27)19-9-11-24(12-10-19)25-15-13-23(14-16-25)20(26)17-18-7-5-4-6-8-18/h4-8,19H,9-17H2,1-3H3. The van der Waals surface area contributed by atoms with E-state index in [4.69, 9.17) is 4.74 Å². The average molecular weight is 388 g/mol. The van der Waals surface area contributed by atoms with E-state index in [9.17, 15) is 9.59 Å². The second-order valence-corrected chi connectivity index (χ2v) is 8.76. The van der Waals surface area contributed by atoms with E-state index in [1.165, 1.54) is 0 Å². The van der Waals surface area contributed by atoms with Gasteiger partial charge >= 0.3 is 5.97 Å². The first-order valence-corrected chi connectivity index (χ1v) is 10.4. The van der Waals surface area contributed by atoms with Gasteiger partial charge in [0.15, 0.2) is 0 Å². The average Bonchev–Trinajstić information content (AvgIpc) is 2.68. The summed E-state index contributed by atoms with van der Waals surface area (Å²) in [4.78, 5) is 26.8. The van der Waals surface area contributed by atoms with E-state index in [-0.39, 0.29) is 17.8 Å². The van der Waals surface area contributed by atoms with E-state index < -0.39 is 5.60 Å². The molecule has 0 radical (unpaired) electrons. The molecule has 0 aliphatic carbocycles. The number of carbonyl (C=O) groups excluding carboxylic acids is 2. The Morgan fingerprint density at radius 1 is 0.929 bits per heavy atom. The molecule has 0 atom stereocenters. The molecule has 1 aromatic rings. The van der Waals surface area contributed by atoms with E-state index in [0.29, 0.717) is 6.42 Å². The number of rotatable bonds is 4. The first-order chi connectivity index (χ1) is 13.3. The number of carbonyl (C=O) groups is 2. The Kier molecular flexibility index (Phi) is 6.73. The van der Waals surface area contributed by atoms with E-state index in [1.807, 2.05) is 56.0 Å². The lowest BCUT2D eigenvalue weighted by Gasteiger charge is -2.43. The summed E-state index contributed by atoms with van der Waals surface area (Å²) in [5.41, 5.74) is 0.649. The van der Waals surface area contributed by atoms with Crippen molar-refractivity contribution in [1.29, 1.82) is 0 Å². The summed E-state index contributed by atoms with van der Waals surface area (Å²) in [7, 11) is 0. The molecule has 2 heterocycles. The van der Waals surface area contributed by atoms with Gasteiger partial charge in [-0.1, -0.05) is 30.3 Å². The number of hydrazine groups is 1. The highest BCUT2D eigenvalue weighted by Gasteiger charge is 2.32. The summed E-state index contributed by atoms with van der Waals surface area (Å²) in [5.74, 6) is 0.141. The van der Waals surface area contributed by atoms with Gasteiger partial charge in [0.05, 0.1) is 12.3 Å². The maximum Gasteiger partial charge on any atom is 0.309 e. The first-order valence-electron chi connectivity index (χ1n) is 10.4. The number of piperidine rings is 1. The van der Waals surface area contributed by atoms with Crippen molar-refractivity contribution in [2.45, 2.75) is 45.6 Å². The summed E-state index contributed by atoms with van der Waals surface area (Å²) in [6, 6.07) is 9.92. The molecule has 3 rings (SSSR count). The number of hydrogen-bond acceptors (Lipinski definition) is 5. The molecule has 2 aliphatic heterocycles. The molecule has 28 heavy (non-hydrogen) atoms. The van der Waals surface area contributed by atoms with Crippen LogP contribution in [0.5, 0.6) is 0 Å². The van der Waals surface area contributed by atoms with E-state index in [0.717, 1.165) is 57.7 Å². The van der Waals surface area contributed by atoms with E-state index in [2.05, 4.69) is 10.0 Å². The van der Waals surface area contributed by atoms with Gasteiger partial charge in [0.25, 0.3) is 0 Å². The highest BCUT2D eigenvalue weighted by molar-refractivity contribution is 5.78. The molecule has 2 saturated heterocycles. The number of benzene rings is 1. The second-order valence-electron chi connectivity index (χ2n) is 8.76. The van der Waals surface area contributed by atoms with Gasteiger partial charge in [0, 0.05) is 39.3 Å². The topological polar surface area (TPSA) is 53.1 Å². The number of hydrogen-bond donors (Lipinski definition) is 0. The van der Waals surface area contributed by atoms with Gasteiger partial charge in [0.2, 0.25) is 5.91 Å². The van der Waals surface area contributed by atoms with Crippen LogP contribution in [0, 0.1) is 5.92 Å². The molecule has 0 N–H and O–H groups in total. The molecular formula is C22H33N3O3. The Bertz CT molecular complexity index is 655. The van der Waals surface area contributed by atoms with Crippen LogP contribution in [0.1, 0.15) is 39.2 Å². The van der Waals surface area contributed by atoms with E-state index in [1.54, 1.807) is 0 Å². The minimum atomic E-state index is -0.420. The van der Waals surface area contributed by atoms with Crippen LogP contribution in [-0.4, -0.2) is 71.7 Å². The molecule has 2 fully saturated rings. The maximum atomic E-state index is 12.5. The molecule has 0 aromatic heterocycles. The molecule has 1 amide bonds. The molecule has 2 aliphatic rings. The third kappa shape index (κ3) is 5.79. The highest BCUT2D eigenvalue weighted by Crippen LogP contribution is 2.23. The fraction of sp³-hybridized carbons (Fsp3) is 0.636. The Morgan fingerprint density at radius 2 is 1.50 bits per heavy atom. The van der Waals surface area contributed by atoms with Gasteiger partial charge in [0.1, 0.15) is 5.60 Å². The summed E-state index contributed by atoms with van der Waals surface area (Å²) in [5, 5.41) is 4.69. The van der Waals surface area contributed by atoms with Crippen molar-refractivity contribution in [2.75, 3.05) is 39.3 Å². The fourth-order valence-corrected chi connectivity index (χ4v) is 3.88. The lowest BCUT2D eigenvalue weighted by molar-refractivity contribution is -0.164. The number of esters is 1. The van der Waals surface area contributed by atoms with Crippen LogP contribution in [0.4, 0.5) is 0 Å². The maximum absolute atomic E-state index is 12.5. The van der Waals surface area contributed by atoms with Crippen LogP contribution in [0.25, 0.3) is 0 Å². The largest absolute Gasteiger partial charge is 0.460 e. The van der Waals surface area contributed by atoms with Gasteiger partial charge in [-0.2, -0.15) is 0 Å². The number of amides is 1. The normalized spacial score (nSPS) is 20.2. The van der Waals surface area contributed by atoms with Gasteiger partial charge < -0.3 is 9.64 Å². The van der Waals surface area contributed by atoms with Gasteiger partial charge in [-0.25, -0.2) is 10.0 Å². The van der Waals surface area contributed by atoms with Gasteiger partial charge in [-0.3, -0.25) is 9.59 Å². The van der Waals surface area contributed by atoms with Crippen molar-refractivity contribution in [3.8, 4) is 0 Å². The van der Waals surface area contributed by atoms with Crippen molar-refractivity contribution in [3.05, 3.63) is 35.9 Å². The van der Waals surface area contributed by atoms with Crippen LogP contribution in [0.2, 0.25) is 0 Å². The molecule has 6 heteroatoms. The summed E-state index contributed by atoms with van der Waals surface area (Å²) < 4.78 is 5.53. The Labute approximate surface area is 168 Å². The lowest BCUT2D eigenvalue weighted by Crippen LogP contribution is -2.57. The molecule has 0 unspecified atom stereocenters. The molecule has 0 spiro atoms. The van der Waals surface area contributed by atoms with Crippen LogP contribution in [0.3, 0.4) is 0 Å². The summed E-state index contributed by atoms with van der Waals surface area (Å²) >= 11 is 0. The van der Waals surface area contributed by atoms with Crippen molar-refractivity contribution in [3.63, 3.8) is 0 Å². The van der Waals surface area contributed by atoms with Gasteiger partial charge in [-0.05, 0) is 39.2 Å². The second kappa shape index (κ2) is 9.05. The van der Waals surface area contributed by atoms with Crippen LogP contribution in [0.15, 0.2) is 30.3 Å². The van der Waals surface area contributed by atoms with E-state index >= 15 is 0 Å². The molecular weight excluding hydrogens is 354 g/mol. The zero-order chi connectivity index (χ0) is 20.1. The monoisotopic (exact) mass is 387 g/mol. The molecule has 0 bridgehead atoms. The Morgan fingerprint density at radius 3 is 2.07 bits per heavy atom. The highest BCUT2D eigenvalue weighted by atomic mass is 16.6. The van der Waals surface area contributed by atoms with Crippen molar-refractivity contribution in [2.24, 2.45) is 5.92 Å². The van der Waals surface area contributed by atoms with Crippen molar-refractivity contribution in [1.82, 2.24) is 14.9 Å². The zero-order valence-corrected chi connectivity index (χ0v) is 17.4. The molecule has 6 nitrogen and oxygen atoms in total. The fourth-order valence-electron chi connectivity index (χ4n) is 3.88. The first kappa shape index (κ1) is 20.8. The summed E-state index contributed by atoms with van der Waals surface area (Å²) in [6.45, 7) is 10.7.